The van der Waals surface area contributed by atoms with Crippen LogP contribution in [0.25, 0.3) is 0 Å². The summed E-state index contributed by atoms with van der Waals surface area (Å²) in [5.74, 6) is -0.691. The van der Waals surface area contributed by atoms with Crippen LogP contribution in [0, 0.1) is 5.92 Å². The molecule has 0 radical (unpaired) electrons. The van der Waals surface area contributed by atoms with E-state index in [2.05, 4.69) is 0 Å². The Kier molecular flexibility index (Phi) is 13.1. The molecule has 0 spiro atoms. The molecule has 43 heavy (non-hydrogen) atoms. The van der Waals surface area contributed by atoms with Gasteiger partial charge in [0.05, 0.1) is 37.0 Å². The van der Waals surface area contributed by atoms with E-state index >= 15 is 0 Å². The van der Waals surface area contributed by atoms with E-state index in [1.165, 1.54) is 0 Å². The van der Waals surface area contributed by atoms with Gasteiger partial charge in [-0.1, -0.05) is 0 Å². The topological polar surface area (TPSA) is 289 Å². The lowest BCUT2D eigenvalue weighted by molar-refractivity contribution is -0.291. The van der Waals surface area contributed by atoms with Crippen molar-refractivity contribution >= 4 is 5.78 Å². The number of aliphatic hydroxyl groups excluding tert-OH is 3. The Morgan fingerprint density at radius 2 is 1.28 bits per heavy atom. The average molecular weight is 621 g/mol. The molecule has 0 unspecified atom stereocenters. The van der Waals surface area contributed by atoms with Gasteiger partial charge in [-0.15, -0.1) is 0 Å². The first-order valence-electron chi connectivity index (χ1n) is 15.4. The van der Waals surface area contributed by atoms with E-state index in [1.54, 1.807) is 0 Å². The van der Waals surface area contributed by atoms with Crippen LogP contribution in [0.15, 0.2) is 0 Å². The first-order chi connectivity index (χ1) is 20.6. The summed E-state index contributed by atoms with van der Waals surface area (Å²) in [5, 5.41) is 32.9. The predicted molar refractivity (Wildman–Crippen MR) is 152 cm³/mol. The Bertz CT molecular complexity index is 880. The number of ether oxygens (including phenoxy) is 6. The molecule has 3 aliphatic heterocycles. The van der Waals surface area contributed by atoms with Crippen molar-refractivity contribution in [1.82, 2.24) is 0 Å². The summed E-state index contributed by atoms with van der Waals surface area (Å²) in [4.78, 5) is 12.5. The molecule has 0 amide bonds. The highest BCUT2D eigenvalue weighted by Crippen LogP contribution is 2.37. The Hall–Kier alpha value is -0.930. The minimum atomic E-state index is -1.41. The lowest BCUT2D eigenvalue weighted by atomic mass is 9.77. The number of aliphatic hydroxyl groups is 3. The summed E-state index contributed by atoms with van der Waals surface area (Å²) in [6, 6.07) is -1.65. The highest BCUT2D eigenvalue weighted by molar-refractivity contribution is 5.78. The average Bonchev–Trinajstić information content (AvgIpc) is 3.28. The number of hydrogen-bond acceptors (Lipinski definition) is 16. The van der Waals surface area contributed by atoms with Crippen LogP contribution >= 0.6 is 0 Å². The zero-order valence-electron chi connectivity index (χ0n) is 24.6. The van der Waals surface area contributed by atoms with E-state index < -0.39 is 86.1 Å². The molecule has 1 saturated carbocycles. The van der Waals surface area contributed by atoms with Gasteiger partial charge >= 0.3 is 0 Å². The molecule has 15 N–H and O–H groups in total. The summed E-state index contributed by atoms with van der Waals surface area (Å²) < 4.78 is 36.2. The van der Waals surface area contributed by atoms with E-state index in [1.807, 2.05) is 0 Å². The van der Waals surface area contributed by atoms with Gasteiger partial charge in [0, 0.05) is 32.0 Å². The maximum absolute atomic E-state index is 12.5. The quantitative estimate of drug-likeness (QED) is 0.0943. The lowest BCUT2D eigenvalue weighted by Crippen LogP contribution is -2.62. The van der Waals surface area contributed by atoms with Crippen molar-refractivity contribution in [1.29, 1.82) is 0 Å². The van der Waals surface area contributed by atoms with Crippen molar-refractivity contribution in [2.24, 2.45) is 40.3 Å². The molecule has 4 fully saturated rings. The highest BCUT2D eigenvalue weighted by Gasteiger charge is 2.53. The normalized spacial score (nSPS) is 45.7. The largest absolute Gasteiger partial charge is 0.394 e. The molecule has 0 aromatic rings. The number of hydrogen-bond donors (Lipinski definition) is 9. The Morgan fingerprint density at radius 3 is 1.81 bits per heavy atom. The lowest BCUT2D eigenvalue weighted by Gasteiger charge is -2.46. The van der Waals surface area contributed by atoms with E-state index in [0.29, 0.717) is 25.7 Å². The summed E-state index contributed by atoms with van der Waals surface area (Å²) in [6.45, 7) is 0.245. The van der Waals surface area contributed by atoms with E-state index in [0.717, 1.165) is 0 Å². The Morgan fingerprint density at radius 1 is 0.721 bits per heavy atom. The van der Waals surface area contributed by atoms with Gasteiger partial charge in [0.1, 0.15) is 36.3 Å². The minimum Gasteiger partial charge on any atom is -0.394 e. The molecule has 15 atom stereocenters. The molecule has 3 heterocycles. The van der Waals surface area contributed by atoms with Crippen molar-refractivity contribution in [2.75, 3.05) is 26.2 Å². The molecule has 0 aromatic heterocycles. The van der Waals surface area contributed by atoms with E-state index in [-0.39, 0.29) is 56.9 Å². The van der Waals surface area contributed by atoms with Crippen molar-refractivity contribution in [3.63, 3.8) is 0 Å². The fourth-order valence-corrected chi connectivity index (χ4v) is 6.38. The van der Waals surface area contributed by atoms with Crippen molar-refractivity contribution < 1.29 is 48.5 Å². The molecule has 0 aromatic carbocycles. The molecule has 3 saturated heterocycles. The van der Waals surface area contributed by atoms with E-state index in [4.69, 9.17) is 62.8 Å². The fourth-order valence-electron chi connectivity index (χ4n) is 6.38. The second-order valence-corrected chi connectivity index (χ2v) is 12.2. The third-order valence-electron chi connectivity index (χ3n) is 8.92. The third kappa shape index (κ3) is 8.46. The Balaban J connectivity index is 1.52. The molecule has 16 heteroatoms. The third-order valence-corrected chi connectivity index (χ3v) is 8.92. The molecule has 4 aliphatic rings. The number of nitrogens with two attached hydrogens (primary N) is 6. The van der Waals surface area contributed by atoms with Crippen molar-refractivity contribution in [3.05, 3.63) is 0 Å². The summed E-state index contributed by atoms with van der Waals surface area (Å²) in [6.07, 6.45) is -7.46. The van der Waals surface area contributed by atoms with Crippen LogP contribution in [0.1, 0.15) is 44.9 Å². The molecular formula is C27H52N6O10. The standard InChI is InChI=1S/C27H52N6O10/c28-6-5-13(35)7-12-8-18(33)22(41-25-16(31)3-1-14(9-29)38-25)24(20(12)36)43-27-21(37)23(19(11-34)40-27)42-26-17(32)4-2-15(10-30)39-26/h12,14-27,34,36-37H,1-11,28-33H2/t12-,14+,15-,16-,17-,18+,19-,20+,21-,22-,23-,24-,25-,26-,27+/m1/s1. The van der Waals surface area contributed by atoms with Gasteiger partial charge in [-0.3, -0.25) is 4.79 Å². The minimum absolute atomic E-state index is 0.0334. The van der Waals surface area contributed by atoms with Gasteiger partial charge in [-0.05, 0) is 44.6 Å². The number of Topliss-reactive ketones (excluding diaryl/α,β-unsaturated/α-hetero) is 1. The van der Waals surface area contributed by atoms with Crippen molar-refractivity contribution in [3.8, 4) is 0 Å². The second-order valence-electron chi connectivity index (χ2n) is 12.2. The summed E-state index contributed by atoms with van der Waals surface area (Å²) in [7, 11) is 0. The zero-order chi connectivity index (χ0) is 31.3. The summed E-state index contributed by atoms with van der Waals surface area (Å²) in [5.41, 5.74) is 36.2. The first-order valence-corrected chi connectivity index (χ1v) is 15.4. The van der Waals surface area contributed by atoms with Gasteiger partial charge < -0.3 is 78.1 Å². The van der Waals surface area contributed by atoms with Crippen LogP contribution < -0.4 is 34.4 Å². The van der Waals surface area contributed by atoms with Crippen LogP contribution in [0.3, 0.4) is 0 Å². The Labute approximate surface area is 251 Å². The van der Waals surface area contributed by atoms with Crippen molar-refractivity contribution in [2.45, 2.75) is 131 Å². The van der Waals surface area contributed by atoms with Crippen LogP contribution in [0.2, 0.25) is 0 Å². The van der Waals surface area contributed by atoms with Crippen LogP contribution in [-0.2, 0) is 33.2 Å². The second kappa shape index (κ2) is 16.1. The van der Waals surface area contributed by atoms with Gasteiger partial charge in [-0.25, -0.2) is 0 Å². The molecular weight excluding hydrogens is 568 g/mol. The maximum atomic E-state index is 12.5. The smallest absolute Gasteiger partial charge is 0.187 e. The SMILES string of the molecule is NCCC(=O)C[C@@H]1C[C@H](N)[C@@H](O[C@H]2O[C@H](CN)CC[C@H]2N)[C@H](O[C@@H]2O[C@H](CO)[C@@H](O[C@H]3O[C@@H](CN)CC[C@H]3N)[C@H]2O)[C@H]1O. The zero-order valence-corrected chi connectivity index (χ0v) is 24.6. The monoisotopic (exact) mass is 620 g/mol. The van der Waals surface area contributed by atoms with Gasteiger partial charge in [0.2, 0.25) is 0 Å². The predicted octanol–water partition coefficient (Wildman–Crippen LogP) is -4.18. The first kappa shape index (κ1) is 34.9. The van der Waals surface area contributed by atoms with Gasteiger partial charge in [0.15, 0.2) is 18.9 Å². The van der Waals surface area contributed by atoms with Crippen LogP contribution in [0.4, 0.5) is 0 Å². The molecule has 1 aliphatic carbocycles. The molecule has 0 bridgehead atoms. The molecule has 250 valence electrons. The molecule has 4 rings (SSSR count). The van der Waals surface area contributed by atoms with Gasteiger partial charge in [-0.2, -0.15) is 0 Å². The number of carbonyl (C=O) groups excluding carboxylic acids is 1. The van der Waals surface area contributed by atoms with Crippen LogP contribution in [-0.4, -0.2) is 133 Å². The molecule has 16 nitrogen and oxygen atoms in total. The number of carbonyl (C=O) groups is 1. The number of rotatable bonds is 13. The number of ketones is 1. The highest BCUT2D eigenvalue weighted by atomic mass is 16.8. The van der Waals surface area contributed by atoms with Gasteiger partial charge in [0.25, 0.3) is 0 Å². The fraction of sp³-hybridized carbons (Fsp3) is 0.963. The van der Waals surface area contributed by atoms with Crippen LogP contribution in [0.5, 0.6) is 0 Å². The maximum Gasteiger partial charge on any atom is 0.187 e. The van der Waals surface area contributed by atoms with E-state index in [9.17, 15) is 20.1 Å². The summed E-state index contributed by atoms with van der Waals surface area (Å²) >= 11 is 0.